The fourth-order valence-electron chi connectivity index (χ4n) is 2.39. The zero-order valence-electron chi connectivity index (χ0n) is 15.3. The van der Waals surface area contributed by atoms with Crippen LogP contribution in [0.5, 0.6) is 5.75 Å². The first-order valence-corrected chi connectivity index (χ1v) is 8.73. The lowest BCUT2D eigenvalue weighted by Crippen LogP contribution is -2.37. The predicted molar refractivity (Wildman–Crippen MR) is 96.7 cm³/mol. The van der Waals surface area contributed by atoms with Crippen molar-refractivity contribution in [1.82, 2.24) is 5.32 Å². The summed E-state index contributed by atoms with van der Waals surface area (Å²) in [6.07, 6.45) is -6.54. The van der Waals surface area contributed by atoms with Crippen LogP contribution in [-0.2, 0) is 27.4 Å². The summed E-state index contributed by atoms with van der Waals surface area (Å²) in [6.45, 7) is -0.381. The van der Waals surface area contributed by atoms with Crippen molar-refractivity contribution in [2.45, 2.75) is 31.9 Å². The Morgan fingerprint density at radius 1 is 1.03 bits per heavy atom. The highest BCUT2D eigenvalue weighted by Gasteiger charge is 2.32. The van der Waals surface area contributed by atoms with E-state index in [4.69, 9.17) is 4.74 Å². The Balaban J connectivity index is 1.75. The van der Waals surface area contributed by atoms with Gasteiger partial charge in [-0.1, -0.05) is 48.5 Å². The number of hydrogen-bond acceptors (Lipinski definition) is 5. The third-order valence-corrected chi connectivity index (χ3v) is 3.81. The third-order valence-electron chi connectivity index (χ3n) is 3.81. The molecule has 0 heterocycles. The van der Waals surface area contributed by atoms with Gasteiger partial charge in [0.05, 0.1) is 6.54 Å². The maximum absolute atomic E-state index is 12.4. The first kappa shape index (κ1) is 22.2. The van der Waals surface area contributed by atoms with Crippen molar-refractivity contribution >= 4 is 11.9 Å². The number of benzene rings is 2. The van der Waals surface area contributed by atoms with E-state index >= 15 is 0 Å². The maximum atomic E-state index is 12.4. The number of para-hydroxylation sites is 1. The lowest BCUT2D eigenvalue weighted by Gasteiger charge is -2.14. The summed E-state index contributed by atoms with van der Waals surface area (Å²) in [4.78, 5) is 23.6. The highest BCUT2D eigenvalue weighted by molar-refractivity contribution is 5.79. The van der Waals surface area contributed by atoms with Crippen molar-refractivity contribution in [2.75, 3.05) is 6.54 Å². The summed E-state index contributed by atoms with van der Waals surface area (Å²) < 4.78 is 46.1. The summed E-state index contributed by atoms with van der Waals surface area (Å²) in [5, 5.41) is 12.1. The lowest BCUT2D eigenvalue weighted by atomic mass is 10.1. The Morgan fingerprint density at radius 3 is 2.38 bits per heavy atom. The van der Waals surface area contributed by atoms with Crippen molar-refractivity contribution < 1.29 is 37.3 Å². The standard InChI is InChI=1S/C20H20F3NO5/c21-20(22,23)29-17-9-5-4-8-15(17)10-11-18(26)24-12-16(25)19(27)28-13-14-6-2-1-3-7-14/h1-9,16,25H,10-13H2,(H,24,26)/t16-/m1/s1. The minimum absolute atomic E-state index is 0.00731. The van der Waals surface area contributed by atoms with E-state index in [1.165, 1.54) is 18.2 Å². The summed E-state index contributed by atoms with van der Waals surface area (Å²) in [7, 11) is 0. The van der Waals surface area contributed by atoms with Gasteiger partial charge in [0.25, 0.3) is 0 Å². The molecule has 0 aliphatic carbocycles. The van der Waals surface area contributed by atoms with E-state index in [0.29, 0.717) is 0 Å². The van der Waals surface area contributed by atoms with Crippen LogP contribution in [0, 0.1) is 0 Å². The number of aliphatic hydroxyl groups excluding tert-OH is 1. The van der Waals surface area contributed by atoms with Gasteiger partial charge in [0, 0.05) is 6.42 Å². The van der Waals surface area contributed by atoms with Crippen molar-refractivity contribution in [3.63, 3.8) is 0 Å². The fourth-order valence-corrected chi connectivity index (χ4v) is 2.39. The smallest absolute Gasteiger partial charge is 0.459 e. The van der Waals surface area contributed by atoms with Crippen LogP contribution in [0.25, 0.3) is 0 Å². The van der Waals surface area contributed by atoms with Crippen molar-refractivity contribution in [3.8, 4) is 5.75 Å². The third kappa shape index (κ3) is 8.22. The van der Waals surface area contributed by atoms with Gasteiger partial charge in [-0.2, -0.15) is 0 Å². The first-order valence-electron chi connectivity index (χ1n) is 8.73. The number of hydrogen-bond donors (Lipinski definition) is 2. The van der Waals surface area contributed by atoms with Gasteiger partial charge in [-0.05, 0) is 23.6 Å². The molecule has 156 valence electrons. The second kappa shape index (κ2) is 10.5. The quantitative estimate of drug-likeness (QED) is 0.620. The van der Waals surface area contributed by atoms with Crippen LogP contribution in [0.4, 0.5) is 13.2 Å². The molecule has 0 radical (unpaired) electrons. The summed E-state index contributed by atoms with van der Waals surface area (Å²) in [6, 6.07) is 14.4. The number of halogens is 3. The van der Waals surface area contributed by atoms with Crippen LogP contribution in [0.1, 0.15) is 17.5 Å². The Kier molecular flexibility index (Phi) is 8.02. The highest BCUT2D eigenvalue weighted by Crippen LogP contribution is 2.26. The predicted octanol–water partition coefficient (Wildman–Crippen LogP) is 2.74. The Hall–Kier alpha value is -3.07. The average Bonchev–Trinajstić information content (AvgIpc) is 2.69. The Morgan fingerprint density at radius 2 is 1.69 bits per heavy atom. The van der Waals surface area contributed by atoms with Gasteiger partial charge in [0.15, 0.2) is 6.10 Å². The number of ether oxygens (including phenoxy) is 2. The molecule has 0 aliphatic heterocycles. The molecule has 0 saturated carbocycles. The summed E-state index contributed by atoms with van der Waals surface area (Å²) in [5.41, 5.74) is 0.958. The molecule has 0 bridgehead atoms. The SMILES string of the molecule is O=C(CCc1ccccc1OC(F)(F)F)NC[C@@H](O)C(=O)OCc1ccccc1. The van der Waals surface area contributed by atoms with E-state index in [1.807, 2.05) is 6.07 Å². The number of rotatable bonds is 9. The van der Waals surface area contributed by atoms with Crippen LogP contribution in [0.3, 0.4) is 0 Å². The molecule has 2 rings (SSSR count). The average molecular weight is 411 g/mol. The van der Waals surface area contributed by atoms with Gasteiger partial charge in [-0.25, -0.2) is 4.79 Å². The van der Waals surface area contributed by atoms with Gasteiger partial charge >= 0.3 is 12.3 Å². The van der Waals surface area contributed by atoms with Crippen molar-refractivity contribution in [3.05, 3.63) is 65.7 Å². The molecule has 2 aromatic rings. The number of carbonyl (C=O) groups excluding carboxylic acids is 2. The summed E-state index contributed by atoms with van der Waals surface area (Å²) in [5.74, 6) is -1.81. The molecule has 0 saturated heterocycles. The number of amides is 1. The molecule has 6 nitrogen and oxygen atoms in total. The van der Waals surface area contributed by atoms with Crippen LogP contribution in [0.15, 0.2) is 54.6 Å². The molecule has 0 spiro atoms. The van der Waals surface area contributed by atoms with Crippen LogP contribution < -0.4 is 10.1 Å². The molecule has 2 aromatic carbocycles. The van der Waals surface area contributed by atoms with Gasteiger partial charge in [0.2, 0.25) is 5.91 Å². The maximum Gasteiger partial charge on any atom is 0.573 e. The topological polar surface area (TPSA) is 84.9 Å². The van der Waals surface area contributed by atoms with Gasteiger partial charge in [0.1, 0.15) is 12.4 Å². The molecule has 2 N–H and O–H groups in total. The van der Waals surface area contributed by atoms with E-state index in [1.54, 1.807) is 24.3 Å². The molecule has 0 unspecified atom stereocenters. The van der Waals surface area contributed by atoms with Crippen LogP contribution in [-0.4, -0.2) is 36.0 Å². The first-order chi connectivity index (χ1) is 13.7. The van der Waals surface area contributed by atoms with Crippen molar-refractivity contribution in [2.24, 2.45) is 0 Å². The number of esters is 1. The second-order valence-electron chi connectivity index (χ2n) is 6.07. The number of aryl methyl sites for hydroxylation is 1. The number of nitrogens with one attached hydrogen (secondary N) is 1. The molecule has 9 heteroatoms. The highest BCUT2D eigenvalue weighted by atomic mass is 19.4. The molecule has 0 aliphatic rings. The lowest BCUT2D eigenvalue weighted by molar-refractivity contribution is -0.274. The van der Waals surface area contributed by atoms with Crippen molar-refractivity contribution in [1.29, 1.82) is 0 Å². The zero-order chi connectivity index (χ0) is 21.3. The monoisotopic (exact) mass is 411 g/mol. The normalized spacial score (nSPS) is 12.1. The second-order valence-corrected chi connectivity index (χ2v) is 6.07. The number of alkyl halides is 3. The van der Waals surface area contributed by atoms with E-state index in [2.05, 4.69) is 10.1 Å². The van der Waals surface area contributed by atoms with Gasteiger partial charge in [-0.3, -0.25) is 4.79 Å². The van der Waals surface area contributed by atoms with Gasteiger partial charge in [-0.15, -0.1) is 13.2 Å². The molecular formula is C20H20F3NO5. The van der Waals surface area contributed by atoms with E-state index in [9.17, 15) is 27.9 Å². The Labute approximate surface area is 165 Å². The molecule has 0 aromatic heterocycles. The van der Waals surface area contributed by atoms with Crippen LogP contribution >= 0.6 is 0 Å². The van der Waals surface area contributed by atoms with Crippen LogP contribution in [0.2, 0.25) is 0 Å². The minimum atomic E-state index is -4.83. The largest absolute Gasteiger partial charge is 0.573 e. The molecule has 29 heavy (non-hydrogen) atoms. The Bertz CT molecular complexity index is 811. The number of aliphatic hydroxyl groups is 1. The molecule has 0 fully saturated rings. The molecule has 1 atom stereocenters. The van der Waals surface area contributed by atoms with E-state index in [-0.39, 0.29) is 37.3 Å². The number of carbonyl (C=O) groups is 2. The molecule has 1 amide bonds. The zero-order valence-corrected chi connectivity index (χ0v) is 15.3. The fraction of sp³-hybridized carbons (Fsp3) is 0.300. The summed E-state index contributed by atoms with van der Waals surface area (Å²) >= 11 is 0. The molecular weight excluding hydrogens is 391 g/mol. The van der Waals surface area contributed by atoms with Gasteiger partial charge < -0.3 is 19.9 Å². The minimum Gasteiger partial charge on any atom is -0.459 e. The van der Waals surface area contributed by atoms with E-state index < -0.39 is 24.3 Å². The van der Waals surface area contributed by atoms with E-state index in [0.717, 1.165) is 11.6 Å².